The summed E-state index contributed by atoms with van der Waals surface area (Å²) >= 11 is 0. The van der Waals surface area contributed by atoms with Crippen LogP contribution in [0.2, 0.25) is 0 Å². The van der Waals surface area contributed by atoms with Gasteiger partial charge in [-0.25, -0.2) is 4.39 Å². The van der Waals surface area contributed by atoms with Gasteiger partial charge in [-0.3, -0.25) is 10.1 Å². The van der Waals surface area contributed by atoms with E-state index in [9.17, 15) is 9.18 Å². The zero-order valence-corrected chi connectivity index (χ0v) is 10.9. The number of aldehydes is 1. The van der Waals surface area contributed by atoms with Gasteiger partial charge < -0.3 is 4.90 Å². The number of nitrogens with zero attached hydrogens (tertiary/aromatic N) is 1. The van der Waals surface area contributed by atoms with Crippen molar-refractivity contribution in [3.05, 3.63) is 66.0 Å². The molecule has 1 aliphatic heterocycles. The molecule has 0 aromatic heterocycles. The Morgan fingerprint density at radius 1 is 1.10 bits per heavy atom. The van der Waals surface area contributed by atoms with E-state index in [0.717, 1.165) is 17.5 Å². The van der Waals surface area contributed by atoms with E-state index < -0.39 is 0 Å². The van der Waals surface area contributed by atoms with E-state index in [-0.39, 0.29) is 18.0 Å². The summed E-state index contributed by atoms with van der Waals surface area (Å²) in [6, 6.07) is 16.3. The van der Waals surface area contributed by atoms with E-state index in [4.69, 9.17) is 0 Å². The maximum Gasteiger partial charge on any atom is 0.157 e. The van der Waals surface area contributed by atoms with Gasteiger partial charge in [0, 0.05) is 12.2 Å². The summed E-state index contributed by atoms with van der Waals surface area (Å²) in [5, 5.41) is 3.18. The number of carbonyl (C=O) groups excluding carboxylic acids is 1. The standard InChI is InChI=1S/C16H15FN2O/c17-13-6-8-14(9-7-13)19-15(10-18-16(19)11-20)12-4-2-1-3-5-12/h1-9,11,15-16,18H,10H2. The highest BCUT2D eigenvalue weighted by atomic mass is 19.1. The predicted molar refractivity (Wildman–Crippen MR) is 75.9 cm³/mol. The maximum absolute atomic E-state index is 13.1. The van der Waals surface area contributed by atoms with Crippen molar-refractivity contribution in [1.82, 2.24) is 5.32 Å². The van der Waals surface area contributed by atoms with Crippen molar-refractivity contribution in [3.63, 3.8) is 0 Å². The number of nitrogens with one attached hydrogen (secondary N) is 1. The minimum absolute atomic E-state index is 0.0665. The summed E-state index contributed by atoms with van der Waals surface area (Å²) in [4.78, 5) is 13.2. The molecule has 20 heavy (non-hydrogen) atoms. The summed E-state index contributed by atoms with van der Waals surface area (Å²) in [6.45, 7) is 0.685. The van der Waals surface area contributed by atoms with Crippen LogP contribution in [0, 0.1) is 5.82 Å². The zero-order valence-electron chi connectivity index (χ0n) is 10.9. The molecular weight excluding hydrogens is 255 g/mol. The van der Waals surface area contributed by atoms with E-state index in [0.29, 0.717) is 6.54 Å². The number of carbonyl (C=O) groups is 1. The molecule has 1 saturated heterocycles. The van der Waals surface area contributed by atoms with Crippen LogP contribution in [0.3, 0.4) is 0 Å². The highest BCUT2D eigenvalue weighted by Crippen LogP contribution is 2.31. The van der Waals surface area contributed by atoms with Crippen LogP contribution in [0.5, 0.6) is 0 Å². The van der Waals surface area contributed by atoms with Crippen molar-refractivity contribution in [2.24, 2.45) is 0 Å². The Hall–Kier alpha value is -2.20. The van der Waals surface area contributed by atoms with Crippen molar-refractivity contribution in [1.29, 1.82) is 0 Å². The molecule has 0 amide bonds. The molecule has 2 atom stereocenters. The summed E-state index contributed by atoms with van der Waals surface area (Å²) in [7, 11) is 0. The molecule has 0 radical (unpaired) electrons. The molecule has 0 spiro atoms. The summed E-state index contributed by atoms with van der Waals surface area (Å²) in [5.41, 5.74) is 1.97. The first-order valence-electron chi connectivity index (χ1n) is 6.57. The lowest BCUT2D eigenvalue weighted by Gasteiger charge is -2.29. The normalized spacial score (nSPS) is 21.9. The minimum Gasteiger partial charge on any atom is -0.341 e. The van der Waals surface area contributed by atoms with Crippen molar-refractivity contribution >= 4 is 12.0 Å². The van der Waals surface area contributed by atoms with Crippen LogP contribution in [0.15, 0.2) is 54.6 Å². The molecule has 1 N–H and O–H groups in total. The first-order chi connectivity index (χ1) is 9.79. The number of hydrogen-bond donors (Lipinski definition) is 1. The predicted octanol–water partition coefficient (Wildman–Crippen LogP) is 2.50. The van der Waals surface area contributed by atoms with Crippen LogP contribution in [0.1, 0.15) is 11.6 Å². The van der Waals surface area contributed by atoms with Gasteiger partial charge in [0.25, 0.3) is 0 Å². The van der Waals surface area contributed by atoms with Gasteiger partial charge in [-0.05, 0) is 29.8 Å². The third-order valence-corrected chi connectivity index (χ3v) is 3.59. The molecule has 2 unspecified atom stereocenters. The first kappa shape index (κ1) is 12.8. The van der Waals surface area contributed by atoms with Gasteiger partial charge in [-0.15, -0.1) is 0 Å². The number of halogens is 1. The second-order valence-corrected chi connectivity index (χ2v) is 4.80. The highest BCUT2D eigenvalue weighted by Gasteiger charge is 2.33. The zero-order chi connectivity index (χ0) is 13.9. The molecule has 3 rings (SSSR count). The SMILES string of the molecule is O=CC1NCC(c2ccccc2)N1c1ccc(F)cc1. The quantitative estimate of drug-likeness (QED) is 0.870. The highest BCUT2D eigenvalue weighted by molar-refractivity contribution is 5.68. The average Bonchev–Trinajstić information content (AvgIpc) is 2.93. The van der Waals surface area contributed by atoms with Crippen LogP contribution in [-0.2, 0) is 4.79 Å². The number of anilines is 1. The molecule has 0 bridgehead atoms. The Kier molecular flexibility index (Phi) is 3.48. The molecule has 1 fully saturated rings. The molecule has 4 heteroatoms. The van der Waals surface area contributed by atoms with Gasteiger partial charge in [0.05, 0.1) is 6.04 Å². The van der Waals surface area contributed by atoms with Gasteiger partial charge in [-0.2, -0.15) is 0 Å². The van der Waals surface area contributed by atoms with E-state index in [1.54, 1.807) is 12.1 Å². The molecule has 0 saturated carbocycles. The van der Waals surface area contributed by atoms with Crippen LogP contribution >= 0.6 is 0 Å². The van der Waals surface area contributed by atoms with Gasteiger partial charge in [0.1, 0.15) is 12.0 Å². The van der Waals surface area contributed by atoms with E-state index in [2.05, 4.69) is 5.32 Å². The molecular formula is C16H15FN2O. The van der Waals surface area contributed by atoms with Gasteiger partial charge in [-0.1, -0.05) is 30.3 Å². The van der Waals surface area contributed by atoms with Crippen LogP contribution in [0.4, 0.5) is 10.1 Å². The average molecular weight is 270 g/mol. The summed E-state index contributed by atoms with van der Waals surface area (Å²) < 4.78 is 13.1. The van der Waals surface area contributed by atoms with E-state index in [1.807, 2.05) is 35.2 Å². The Bertz CT molecular complexity index is 585. The van der Waals surface area contributed by atoms with Crippen molar-refractivity contribution < 1.29 is 9.18 Å². The van der Waals surface area contributed by atoms with Crippen LogP contribution in [0.25, 0.3) is 0 Å². The smallest absolute Gasteiger partial charge is 0.157 e. The molecule has 0 aliphatic carbocycles. The monoisotopic (exact) mass is 270 g/mol. The lowest BCUT2D eigenvalue weighted by Crippen LogP contribution is -2.37. The van der Waals surface area contributed by atoms with E-state index >= 15 is 0 Å². The fourth-order valence-electron chi connectivity index (χ4n) is 2.64. The lowest BCUT2D eigenvalue weighted by atomic mass is 10.1. The third-order valence-electron chi connectivity index (χ3n) is 3.59. The Labute approximate surface area is 117 Å². The van der Waals surface area contributed by atoms with Gasteiger partial charge in [0.2, 0.25) is 0 Å². The molecule has 3 nitrogen and oxygen atoms in total. The minimum atomic E-state index is -0.384. The summed E-state index contributed by atoms with van der Waals surface area (Å²) in [6.07, 6.45) is 0.498. The van der Waals surface area contributed by atoms with Crippen molar-refractivity contribution in [2.45, 2.75) is 12.2 Å². The summed E-state index contributed by atoms with van der Waals surface area (Å²) in [5.74, 6) is -0.278. The number of rotatable bonds is 3. The van der Waals surface area contributed by atoms with Gasteiger partial charge >= 0.3 is 0 Å². The van der Waals surface area contributed by atoms with Gasteiger partial charge in [0.15, 0.2) is 6.29 Å². The van der Waals surface area contributed by atoms with E-state index in [1.165, 1.54) is 12.1 Å². The largest absolute Gasteiger partial charge is 0.341 e. The number of benzene rings is 2. The van der Waals surface area contributed by atoms with Crippen molar-refractivity contribution in [3.8, 4) is 0 Å². The van der Waals surface area contributed by atoms with Crippen LogP contribution in [-0.4, -0.2) is 19.0 Å². The first-order valence-corrected chi connectivity index (χ1v) is 6.57. The fourth-order valence-corrected chi connectivity index (χ4v) is 2.64. The Morgan fingerprint density at radius 2 is 1.80 bits per heavy atom. The molecule has 1 aliphatic rings. The second-order valence-electron chi connectivity index (χ2n) is 4.80. The fraction of sp³-hybridized carbons (Fsp3) is 0.188. The third kappa shape index (κ3) is 2.30. The molecule has 2 aromatic rings. The van der Waals surface area contributed by atoms with Crippen LogP contribution < -0.4 is 10.2 Å². The lowest BCUT2D eigenvalue weighted by molar-refractivity contribution is -0.109. The molecule has 2 aromatic carbocycles. The topological polar surface area (TPSA) is 32.3 Å². The van der Waals surface area contributed by atoms with Crippen molar-refractivity contribution in [2.75, 3.05) is 11.4 Å². The Balaban J connectivity index is 1.98. The number of hydrogen-bond acceptors (Lipinski definition) is 3. The Morgan fingerprint density at radius 3 is 2.45 bits per heavy atom. The second kappa shape index (κ2) is 5.43. The maximum atomic E-state index is 13.1. The molecule has 102 valence electrons. The molecule has 1 heterocycles.